The Hall–Kier alpha value is -2.66. The number of benzene rings is 2. The maximum absolute atomic E-state index is 12.6. The minimum absolute atomic E-state index is 0.0377. The first-order valence-corrected chi connectivity index (χ1v) is 10.0. The van der Waals surface area contributed by atoms with Gasteiger partial charge >= 0.3 is 0 Å². The van der Waals surface area contributed by atoms with Crippen molar-refractivity contribution in [1.82, 2.24) is 10.3 Å². The molecule has 0 fully saturated rings. The molecule has 0 aliphatic heterocycles. The van der Waals surface area contributed by atoms with Crippen molar-refractivity contribution >= 4 is 17.2 Å². The quantitative estimate of drug-likeness (QED) is 0.708. The van der Waals surface area contributed by atoms with Crippen LogP contribution in [-0.2, 0) is 17.6 Å². The lowest BCUT2D eigenvalue weighted by molar-refractivity contribution is -0.121. The lowest BCUT2D eigenvalue weighted by Gasteiger charge is -2.22. The van der Waals surface area contributed by atoms with Gasteiger partial charge in [-0.1, -0.05) is 42.5 Å². The van der Waals surface area contributed by atoms with Crippen LogP contribution in [0.5, 0.6) is 5.75 Å². The number of ether oxygens (including phenoxy) is 1. The minimum atomic E-state index is 0.0377. The summed E-state index contributed by atoms with van der Waals surface area (Å²) in [6.07, 6.45) is 3.36. The molecule has 4 nitrogen and oxygen atoms in total. The predicted octanol–water partition coefficient (Wildman–Crippen LogP) is 4.56. The zero-order valence-corrected chi connectivity index (χ0v) is 16.1. The Morgan fingerprint density at radius 1 is 1.22 bits per heavy atom. The standard InChI is InChI=1S/C22H22N2O2S/c1-26-17-10-5-7-15(13-17)14-20(25)23-18-11-6-12-19-21(18)27-22(24-19)16-8-3-2-4-9-16/h2-5,7-10,13,18H,6,11-12,14H2,1H3,(H,23,25)/t18-/m0/s1. The highest BCUT2D eigenvalue weighted by Crippen LogP contribution is 2.37. The third kappa shape index (κ3) is 4.03. The monoisotopic (exact) mass is 378 g/mol. The highest BCUT2D eigenvalue weighted by atomic mass is 32.1. The number of rotatable bonds is 5. The summed E-state index contributed by atoms with van der Waals surface area (Å²) < 4.78 is 5.24. The Morgan fingerprint density at radius 2 is 2.07 bits per heavy atom. The number of amides is 1. The van der Waals surface area contributed by atoms with E-state index in [4.69, 9.17) is 9.72 Å². The van der Waals surface area contributed by atoms with Gasteiger partial charge in [0.2, 0.25) is 5.91 Å². The molecule has 0 radical (unpaired) electrons. The van der Waals surface area contributed by atoms with Crippen LogP contribution in [0.3, 0.4) is 0 Å². The molecule has 1 aliphatic carbocycles. The van der Waals surface area contributed by atoms with Crippen molar-refractivity contribution in [2.24, 2.45) is 0 Å². The summed E-state index contributed by atoms with van der Waals surface area (Å²) in [5.41, 5.74) is 3.23. The Balaban J connectivity index is 1.49. The van der Waals surface area contributed by atoms with E-state index in [0.717, 1.165) is 46.8 Å². The molecule has 1 heterocycles. The molecule has 1 aliphatic rings. The van der Waals surface area contributed by atoms with Gasteiger partial charge in [0.15, 0.2) is 0 Å². The third-order valence-corrected chi connectivity index (χ3v) is 6.07. The van der Waals surface area contributed by atoms with Crippen LogP contribution in [0.15, 0.2) is 54.6 Å². The van der Waals surface area contributed by atoms with E-state index in [1.807, 2.05) is 42.5 Å². The molecule has 2 aromatic carbocycles. The first-order chi connectivity index (χ1) is 13.2. The molecular weight excluding hydrogens is 356 g/mol. The number of carbonyl (C=O) groups is 1. The largest absolute Gasteiger partial charge is 0.497 e. The number of aryl methyl sites for hydroxylation is 1. The Morgan fingerprint density at radius 3 is 2.89 bits per heavy atom. The van der Waals surface area contributed by atoms with E-state index >= 15 is 0 Å². The SMILES string of the molecule is COc1cccc(CC(=O)N[C@H]2CCCc3nc(-c4ccccc4)sc32)c1. The fourth-order valence-corrected chi connectivity index (χ4v) is 4.68. The fourth-order valence-electron chi connectivity index (χ4n) is 3.47. The zero-order valence-electron chi connectivity index (χ0n) is 15.3. The van der Waals surface area contributed by atoms with Gasteiger partial charge in [0.25, 0.3) is 0 Å². The molecule has 4 rings (SSSR count). The Labute approximate surface area is 163 Å². The molecule has 27 heavy (non-hydrogen) atoms. The van der Waals surface area contributed by atoms with Crippen LogP contribution in [0.2, 0.25) is 0 Å². The van der Waals surface area contributed by atoms with Crippen molar-refractivity contribution in [3.63, 3.8) is 0 Å². The summed E-state index contributed by atoms with van der Waals surface area (Å²) in [5, 5.41) is 4.25. The number of hydrogen-bond acceptors (Lipinski definition) is 4. The van der Waals surface area contributed by atoms with Gasteiger partial charge < -0.3 is 10.1 Å². The second-order valence-electron chi connectivity index (χ2n) is 6.74. The van der Waals surface area contributed by atoms with Gasteiger partial charge in [-0.25, -0.2) is 4.98 Å². The second-order valence-corrected chi connectivity index (χ2v) is 7.77. The molecule has 1 atom stereocenters. The summed E-state index contributed by atoms with van der Waals surface area (Å²) in [6.45, 7) is 0. The molecule has 5 heteroatoms. The molecule has 1 N–H and O–H groups in total. The van der Waals surface area contributed by atoms with Gasteiger partial charge in [0, 0.05) is 5.56 Å². The summed E-state index contributed by atoms with van der Waals surface area (Å²) in [4.78, 5) is 18.6. The van der Waals surface area contributed by atoms with Gasteiger partial charge in [0.05, 0.1) is 30.1 Å². The maximum Gasteiger partial charge on any atom is 0.224 e. The van der Waals surface area contributed by atoms with Crippen LogP contribution >= 0.6 is 11.3 Å². The average molecular weight is 378 g/mol. The number of nitrogens with one attached hydrogen (secondary N) is 1. The lowest BCUT2D eigenvalue weighted by atomic mass is 9.97. The Bertz CT molecular complexity index is 936. The smallest absolute Gasteiger partial charge is 0.224 e. The molecule has 0 bridgehead atoms. The molecule has 0 saturated carbocycles. The zero-order chi connectivity index (χ0) is 18.6. The molecule has 1 amide bonds. The van der Waals surface area contributed by atoms with Gasteiger partial charge in [-0.15, -0.1) is 11.3 Å². The van der Waals surface area contributed by atoms with Gasteiger partial charge in [0.1, 0.15) is 10.8 Å². The summed E-state index contributed by atoms with van der Waals surface area (Å²) in [6, 6.07) is 18.0. The van der Waals surface area contributed by atoms with Crippen LogP contribution in [0.4, 0.5) is 0 Å². The molecular formula is C22H22N2O2S. The number of fused-ring (bicyclic) bond motifs is 1. The second kappa shape index (κ2) is 7.92. The number of hydrogen-bond donors (Lipinski definition) is 1. The average Bonchev–Trinajstić information content (AvgIpc) is 3.14. The predicted molar refractivity (Wildman–Crippen MR) is 108 cm³/mol. The Kier molecular flexibility index (Phi) is 5.21. The van der Waals surface area contributed by atoms with E-state index in [0.29, 0.717) is 6.42 Å². The van der Waals surface area contributed by atoms with Crippen molar-refractivity contribution in [3.8, 4) is 16.3 Å². The number of carbonyl (C=O) groups excluding carboxylic acids is 1. The molecule has 0 spiro atoms. The number of thiazole rings is 1. The highest BCUT2D eigenvalue weighted by Gasteiger charge is 2.26. The topological polar surface area (TPSA) is 51.2 Å². The summed E-state index contributed by atoms with van der Waals surface area (Å²) >= 11 is 1.71. The molecule has 1 aromatic heterocycles. The first-order valence-electron chi connectivity index (χ1n) is 9.20. The first kappa shape index (κ1) is 17.7. The van der Waals surface area contributed by atoms with E-state index in [2.05, 4.69) is 17.4 Å². The number of nitrogens with zero attached hydrogens (tertiary/aromatic N) is 1. The van der Waals surface area contributed by atoms with Crippen molar-refractivity contribution in [1.29, 1.82) is 0 Å². The van der Waals surface area contributed by atoms with E-state index in [-0.39, 0.29) is 11.9 Å². The van der Waals surface area contributed by atoms with Crippen LogP contribution < -0.4 is 10.1 Å². The van der Waals surface area contributed by atoms with Crippen LogP contribution in [0, 0.1) is 0 Å². The molecule has 138 valence electrons. The van der Waals surface area contributed by atoms with E-state index in [9.17, 15) is 4.79 Å². The molecule has 3 aromatic rings. The van der Waals surface area contributed by atoms with Crippen molar-refractivity contribution < 1.29 is 9.53 Å². The number of aromatic nitrogens is 1. The maximum atomic E-state index is 12.6. The van der Waals surface area contributed by atoms with E-state index in [1.54, 1.807) is 18.4 Å². The van der Waals surface area contributed by atoms with Crippen molar-refractivity contribution in [2.45, 2.75) is 31.7 Å². The van der Waals surface area contributed by atoms with Crippen LogP contribution in [-0.4, -0.2) is 18.0 Å². The normalized spacial score (nSPS) is 15.8. The number of methoxy groups -OCH3 is 1. The van der Waals surface area contributed by atoms with Crippen molar-refractivity contribution in [3.05, 3.63) is 70.7 Å². The molecule has 0 unspecified atom stereocenters. The van der Waals surface area contributed by atoms with Crippen LogP contribution in [0.25, 0.3) is 10.6 Å². The van der Waals surface area contributed by atoms with Crippen molar-refractivity contribution in [2.75, 3.05) is 7.11 Å². The third-order valence-electron chi connectivity index (χ3n) is 4.81. The minimum Gasteiger partial charge on any atom is -0.497 e. The summed E-state index contributed by atoms with van der Waals surface area (Å²) in [7, 11) is 1.64. The van der Waals surface area contributed by atoms with E-state index in [1.165, 1.54) is 4.88 Å². The van der Waals surface area contributed by atoms with Gasteiger partial charge in [-0.2, -0.15) is 0 Å². The highest BCUT2D eigenvalue weighted by molar-refractivity contribution is 7.15. The lowest BCUT2D eigenvalue weighted by Crippen LogP contribution is -2.31. The van der Waals surface area contributed by atoms with Crippen LogP contribution in [0.1, 0.15) is 35.0 Å². The fraction of sp³-hybridized carbons (Fsp3) is 0.273. The van der Waals surface area contributed by atoms with Gasteiger partial charge in [-0.05, 0) is 37.0 Å². The summed E-state index contributed by atoms with van der Waals surface area (Å²) in [5.74, 6) is 0.811. The van der Waals surface area contributed by atoms with Gasteiger partial charge in [-0.3, -0.25) is 4.79 Å². The van der Waals surface area contributed by atoms with E-state index < -0.39 is 0 Å². The molecule has 0 saturated heterocycles.